The van der Waals surface area contributed by atoms with Crippen LogP contribution in [-0.4, -0.2) is 15.7 Å². The van der Waals surface area contributed by atoms with Crippen LogP contribution >= 0.6 is 23.4 Å². The Balaban J connectivity index is 2.12. The SMILES string of the molecule is CCCSc1nccc(Cc2ccccc2Cl)n1. The van der Waals surface area contributed by atoms with E-state index >= 15 is 0 Å². The van der Waals surface area contributed by atoms with E-state index in [9.17, 15) is 0 Å². The lowest BCUT2D eigenvalue weighted by Crippen LogP contribution is -1.96. The van der Waals surface area contributed by atoms with E-state index in [0.29, 0.717) is 0 Å². The van der Waals surface area contributed by atoms with E-state index in [1.54, 1.807) is 11.8 Å². The number of thioether (sulfide) groups is 1. The number of hydrogen-bond acceptors (Lipinski definition) is 3. The Morgan fingerprint density at radius 3 is 2.83 bits per heavy atom. The smallest absolute Gasteiger partial charge is 0.187 e. The highest BCUT2D eigenvalue weighted by Crippen LogP contribution is 2.19. The number of nitrogens with zero attached hydrogens (tertiary/aromatic N) is 2. The van der Waals surface area contributed by atoms with E-state index in [0.717, 1.165) is 40.0 Å². The first-order valence-corrected chi connectivity index (χ1v) is 7.34. The molecular weight excluding hydrogens is 264 g/mol. The van der Waals surface area contributed by atoms with Gasteiger partial charge in [0, 0.05) is 29.1 Å². The molecular formula is C14H15ClN2S. The van der Waals surface area contributed by atoms with Gasteiger partial charge in [0.15, 0.2) is 5.16 Å². The summed E-state index contributed by atoms with van der Waals surface area (Å²) < 4.78 is 0. The lowest BCUT2D eigenvalue weighted by Gasteiger charge is -2.05. The maximum absolute atomic E-state index is 6.15. The highest BCUT2D eigenvalue weighted by Gasteiger charge is 2.04. The van der Waals surface area contributed by atoms with Crippen molar-refractivity contribution in [2.75, 3.05) is 5.75 Å². The molecule has 0 atom stereocenters. The first-order valence-electron chi connectivity index (χ1n) is 5.97. The summed E-state index contributed by atoms with van der Waals surface area (Å²) in [7, 11) is 0. The molecule has 1 heterocycles. The molecule has 4 heteroatoms. The molecule has 0 N–H and O–H groups in total. The summed E-state index contributed by atoms with van der Waals surface area (Å²) in [6.45, 7) is 2.15. The molecule has 1 aromatic carbocycles. The summed E-state index contributed by atoms with van der Waals surface area (Å²) in [4.78, 5) is 8.80. The van der Waals surface area contributed by atoms with Crippen LogP contribution in [0, 0.1) is 0 Å². The predicted octanol–water partition coefficient (Wildman–Crippen LogP) is 4.22. The van der Waals surface area contributed by atoms with Crippen molar-refractivity contribution in [2.45, 2.75) is 24.9 Å². The van der Waals surface area contributed by atoms with Crippen LogP contribution in [0.2, 0.25) is 5.02 Å². The van der Waals surface area contributed by atoms with Gasteiger partial charge in [-0.1, -0.05) is 48.5 Å². The Kier molecular flexibility index (Phi) is 5.02. The zero-order valence-electron chi connectivity index (χ0n) is 10.3. The second-order valence-electron chi connectivity index (χ2n) is 3.95. The van der Waals surface area contributed by atoms with Crippen LogP contribution in [0.15, 0.2) is 41.7 Å². The van der Waals surface area contributed by atoms with Crippen molar-refractivity contribution >= 4 is 23.4 Å². The van der Waals surface area contributed by atoms with Gasteiger partial charge in [0.05, 0.1) is 0 Å². The number of aromatic nitrogens is 2. The molecule has 0 aliphatic rings. The third-order valence-electron chi connectivity index (χ3n) is 2.46. The van der Waals surface area contributed by atoms with E-state index in [1.807, 2.05) is 36.5 Å². The van der Waals surface area contributed by atoms with E-state index < -0.39 is 0 Å². The van der Waals surface area contributed by atoms with Gasteiger partial charge < -0.3 is 0 Å². The number of halogens is 1. The quantitative estimate of drug-likeness (QED) is 0.605. The fourth-order valence-corrected chi connectivity index (χ4v) is 2.48. The first kappa shape index (κ1) is 13.4. The standard InChI is InChI=1S/C14H15ClN2S/c1-2-9-18-14-16-8-7-12(17-14)10-11-5-3-4-6-13(11)15/h3-8H,2,9-10H2,1H3. The molecule has 0 fully saturated rings. The normalized spacial score (nSPS) is 10.6. The summed E-state index contributed by atoms with van der Waals surface area (Å²) in [5.41, 5.74) is 2.11. The van der Waals surface area contributed by atoms with Gasteiger partial charge in [0.2, 0.25) is 0 Å². The van der Waals surface area contributed by atoms with Gasteiger partial charge >= 0.3 is 0 Å². The highest BCUT2D eigenvalue weighted by atomic mass is 35.5. The molecule has 1 aromatic heterocycles. The molecule has 0 aliphatic heterocycles. The van der Waals surface area contributed by atoms with Crippen LogP contribution in [0.25, 0.3) is 0 Å². The van der Waals surface area contributed by atoms with Gasteiger partial charge in [-0.05, 0) is 24.1 Å². The highest BCUT2D eigenvalue weighted by molar-refractivity contribution is 7.99. The maximum Gasteiger partial charge on any atom is 0.187 e. The lowest BCUT2D eigenvalue weighted by molar-refractivity contribution is 0.900. The van der Waals surface area contributed by atoms with E-state index in [4.69, 9.17) is 11.6 Å². The Labute approximate surface area is 117 Å². The van der Waals surface area contributed by atoms with Crippen LogP contribution < -0.4 is 0 Å². The summed E-state index contributed by atoms with van der Waals surface area (Å²) in [6.07, 6.45) is 3.70. The largest absolute Gasteiger partial charge is 0.231 e. The summed E-state index contributed by atoms with van der Waals surface area (Å²) in [5, 5.41) is 1.64. The van der Waals surface area contributed by atoms with Gasteiger partial charge in [-0.15, -0.1) is 0 Å². The molecule has 18 heavy (non-hydrogen) atoms. The molecule has 0 amide bonds. The molecule has 2 rings (SSSR count). The van der Waals surface area contributed by atoms with Crippen molar-refractivity contribution in [3.63, 3.8) is 0 Å². The molecule has 2 aromatic rings. The topological polar surface area (TPSA) is 25.8 Å². The Hall–Kier alpha value is -1.06. The maximum atomic E-state index is 6.15. The number of hydrogen-bond donors (Lipinski definition) is 0. The third-order valence-corrected chi connectivity index (χ3v) is 3.89. The molecule has 0 saturated heterocycles. The predicted molar refractivity (Wildman–Crippen MR) is 77.3 cm³/mol. The lowest BCUT2D eigenvalue weighted by atomic mass is 10.1. The van der Waals surface area contributed by atoms with Crippen LogP contribution in [-0.2, 0) is 6.42 Å². The molecule has 2 nitrogen and oxygen atoms in total. The molecule has 0 unspecified atom stereocenters. The van der Waals surface area contributed by atoms with Gasteiger partial charge in [0.25, 0.3) is 0 Å². The molecule has 0 aliphatic carbocycles. The zero-order chi connectivity index (χ0) is 12.8. The summed E-state index contributed by atoms with van der Waals surface area (Å²) in [5.74, 6) is 1.05. The van der Waals surface area contributed by atoms with Gasteiger partial charge in [-0.25, -0.2) is 9.97 Å². The van der Waals surface area contributed by atoms with Crippen LogP contribution in [0.4, 0.5) is 0 Å². The van der Waals surface area contributed by atoms with Crippen molar-refractivity contribution < 1.29 is 0 Å². The zero-order valence-corrected chi connectivity index (χ0v) is 11.8. The van der Waals surface area contributed by atoms with Gasteiger partial charge in [-0.3, -0.25) is 0 Å². The minimum Gasteiger partial charge on any atom is -0.231 e. The summed E-state index contributed by atoms with van der Waals surface area (Å²) >= 11 is 7.84. The van der Waals surface area contributed by atoms with E-state index in [1.165, 1.54) is 0 Å². The number of benzene rings is 1. The Morgan fingerprint density at radius 2 is 2.06 bits per heavy atom. The van der Waals surface area contributed by atoms with E-state index in [-0.39, 0.29) is 0 Å². The monoisotopic (exact) mass is 278 g/mol. The fraction of sp³-hybridized carbons (Fsp3) is 0.286. The molecule has 94 valence electrons. The molecule has 0 bridgehead atoms. The Bertz CT molecular complexity index is 517. The second kappa shape index (κ2) is 6.76. The van der Waals surface area contributed by atoms with Gasteiger partial charge in [0.1, 0.15) is 0 Å². The van der Waals surface area contributed by atoms with Crippen molar-refractivity contribution in [3.05, 3.63) is 52.8 Å². The van der Waals surface area contributed by atoms with Gasteiger partial charge in [-0.2, -0.15) is 0 Å². The average Bonchev–Trinajstić information content (AvgIpc) is 2.40. The van der Waals surface area contributed by atoms with E-state index in [2.05, 4.69) is 16.9 Å². The van der Waals surface area contributed by atoms with Crippen LogP contribution in [0.1, 0.15) is 24.6 Å². The van der Waals surface area contributed by atoms with Crippen LogP contribution in [0.3, 0.4) is 0 Å². The fourth-order valence-electron chi connectivity index (χ4n) is 1.57. The third kappa shape index (κ3) is 3.72. The summed E-state index contributed by atoms with van der Waals surface area (Å²) in [6, 6.07) is 9.82. The minimum atomic E-state index is 0.752. The molecule has 0 radical (unpaired) electrons. The molecule has 0 saturated carbocycles. The average molecular weight is 279 g/mol. The van der Waals surface area contributed by atoms with Crippen LogP contribution in [0.5, 0.6) is 0 Å². The van der Waals surface area contributed by atoms with Crippen molar-refractivity contribution in [1.29, 1.82) is 0 Å². The second-order valence-corrected chi connectivity index (χ2v) is 5.42. The first-order chi connectivity index (χ1) is 8.79. The molecule has 0 spiro atoms. The van der Waals surface area contributed by atoms with Crippen molar-refractivity contribution in [2.24, 2.45) is 0 Å². The van der Waals surface area contributed by atoms with Crippen molar-refractivity contribution in [1.82, 2.24) is 9.97 Å². The van der Waals surface area contributed by atoms with Crippen molar-refractivity contribution in [3.8, 4) is 0 Å². The Morgan fingerprint density at radius 1 is 1.22 bits per heavy atom. The number of rotatable bonds is 5. The minimum absolute atomic E-state index is 0.752.